The molecule has 2 N–H and O–H groups in total. The second-order valence-corrected chi connectivity index (χ2v) is 5.46. The summed E-state index contributed by atoms with van der Waals surface area (Å²) < 4.78 is 0. The summed E-state index contributed by atoms with van der Waals surface area (Å²) in [6, 6.07) is 0.644. The molecule has 1 saturated heterocycles. The number of carbonyl (C=O) groups excluding carboxylic acids is 1. The van der Waals surface area contributed by atoms with Gasteiger partial charge in [-0.25, -0.2) is 0 Å². The van der Waals surface area contributed by atoms with Crippen molar-refractivity contribution >= 4 is 5.91 Å². The number of hydrogen-bond acceptors (Lipinski definition) is 2. The minimum atomic E-state index is 0.0761. The zero-order valence-electron chi connectivity index (χ0n) is 10.3. The van der Waals surface area contributed by atoms with Crippen LogP contribution in [-0.4, -0.2) is 24.5 Å². The van der Waals surface area contributed by atoms with Crippen LogP contribution in [0.2, 0.25) is 0 Å². The molecule has 0 bridgehead atoms. The molecule has 92 valence electrons. The molecule has 3 atom stereocenters. The van der Waals surface area contributed by atoms with Gasteiger partial charge < -0.3 is 10.6 Å². The number of rotatable bonds is 2. The minimum absolute atomic E-state index is 0.0761. The van der Waals surface area contributed by atoms with Crippen molar-refractivity contribution in [2.24, 2.45) is 5.92 Å². The molecule has 0 radical (unpaired) electrons. The van der Waals surface area contributed by atoms with E-state index in [-0.39, 0.29) is 11.9 Å². The standard InChI is InChI=1S/C13H24N2O/c1-10-4-2-5-11(8-7-10)15-12-6-3-9-14-13(12)16/h10-12,15H,2-9H2,1H3,(H,14,16). The number of piperidine rings is 1. The summed E-state index contributed by atoms with van der Waals surface area (Å²) in [5.41, 5.74) is 0. The van der Waals surface area contributed by atoms with Gasteiger partial charge in [-0.15, -0.1) is 0 Å². The van der Waals surface area contributed by atoms with Crippen LogP contribution in [-0.2, 0) is 4.79 Å². The second kappa shape index (κ2) is 5.67. The molecule has 2 rings (SSSR count). The molecule has 0 aromatic carbocycles. The van der Waals surface area contributed by atoms with Crippen LogP contribution in [0, 0.1) is 5.92 Å². The van der Waals surface area contributed by atoms with Crippen molar-refractivity contribution in [1.29, 1.82) is 0 Å². The molecule has 16 heavy (non-hydrogen) atoms. The van der Waals surface area contributed by atoms with Crippen LogP contribution < -0.4 is 10.6 Å². The van der Waals surface area contributed by atoms with Gasteiger partial charge in [0.2, 0.25) is 5.91 Å². The first-order valence-corrected chi connectivity index (χ1v) is 6.79. The Labute approximate surface area is 98.4 Å². The van der Waals surface area contributed by atoms with E-state index in [1.54, 1.807) is 0 Å². The monoisotopic (exact) mass is 224 g/mol. The van der Waals surface area contributed by atoms with Crippen molar-refractivity contribution in [1.82, 2.24) is 10.6 Å². The van der Waals surface area contributed by atoms with Crippen LogP contribution in [0.4, 0.5) is 0 Å². The maximum Gasteiger partial charge on any atom is 0.237 e. The largest absolute Gasteiger partial charge is 0.355 e. The molecule has 3 nitrogen and oxygen atoms in total. The van der Waals surface area contributed by atoms with Crippen molar-refractivity contribution in [2.45, 2.75) is 64.0 Å². The van der Waals surface area contributed by atoms with Gasteiger partial charge in [-0.3, -0.25) is 4.79 Å². The van der Waals surface area contributed by atoms with E-state index in [9.17, 15) is 4.79 Å². The first-order chi connectivity index (χ1) is 7.75. The summed E-state index contributed by atoms with van der Waals surface area (Å²) in [4.78, 5) is 11.6. The molecule has 2 fully saturated rings. The van der Waals surface area contributed by atoms with E-state index >= 15 is 0 Å². The Morgan fingerprint density at radius 3 is 2.81 bits per heavy atom. The molecular formula is C13H24N2O. The lowest BCUT2D eigenvalue weighted by Gasteiger charge is -2.27. The summed E-state index contributed by atoms with van der Waals surface area (Å²) in [6.07, 6.45) is 8.59. The summed E-state index contributed by atoms with van der Waals surface area (Å²) in [6.45, 7) is 3.20. The highest BCUT2D eigenvalue weighted by molar-refractivity contribution is 5.82. The molecular weight excluding hydrogens is 200 g/mol. The van der Waals surface area contributed by atoms with Crippen LogP contribution in [0.3, 0.4) is 0 Å². The molecule has 1 amide bonds. The number of carbonyl (C=O) groups is 1. The Morgan fingerprint density at radius 2 is 2.00 bits per heavy atom. The summed E-state index contributed by atoms with van der Waals surface area (Å²) in [7, 11) is 0. The number of amides is 1. The number of nitrogens with one attached hydrogen (secondary N) is 2. The van der Waals surface area contributed by atoms with Gasteiger partial charge in [-0.1, -0.05) is 19.8 Å². The smallest absolute Gasteiger partial charge is 0.237 e. The first kappa shape index (κ1) is 11.9. The fourth-order valence-corrected chi connectivity index (χ4v) is 2.87. The van der Waals surface area contributed by atoms with Crippen LogP contribution in [0.5, 0.6) is 0 Å². The second-order valence-electron chi connectivity index (χ2n) is 5.46. The van der Waals surface area contributed by atoms with E-state index in [4.69, 9.17) is 0 Å². The zero-order chi connectivity index (χ0) is 11.4. The third-order valence-electron chi connectivity index (χ3n) is 3.98. The van der Waals surface area contributed by atoms with E-state index in [1.807, 2.05) is 0 Å². The maximum atomic E-state index is 11.6. The highest BCUT2D eigenvalue weighted by atomic mass is 16.2. The lowest BCUT2D eigenvalue weighted by Crippen LogP contribution is -2.51. The van der Waals surface area contributed by atoms with Crippen molar-refractivity contribution in [3.8, 4) is 0 Å². The SMILES string of the molecule is CC1CCCC(NC2CCCNC2=O)CC1. The molecule has 1 aliphatic carbocycles. The molecule has 0 aromatic rings. The Balaban J connectivity index is 1.81. The van der Waals surface area contributed by atoms with Crippen LogP contribution in [0.1, 0.15) is 51.9 Å². The Morgan fingerprint density at radius 1 is 1.12 bits per heavy atom. The molecule has 3 heteroatoms. The van der Waals surface area contributed by atoms with Gasteiger partial charge in [0.05, 0.1) is 6.04 Å². The predicted molar refractivity (Wildman–Crippen MR) is 65.2 cm³/mol. The van der Waals surface area contributed by atoms with Crippen molar-refractivity contribution in [3.63, 3.8) is 0 Å². The summed E-state index contributed by atoms with van der Waals surface area (Å²) in [5.74, 6) is 1.08. The van der Waals surface area contributed by atoms with Crippen molar-refractivity contribution < 1.29 is 4.79 Å². The van der Waals surface area contributed by atoms with Gasteiger partial charge in [-0.05, 0) is 38.0 Å². The van der Waals surface area contributed by atoms with E-state index in [2.05, 4.69) is 17.6 Å². The van der Waals surface area contributed by atoms with Gasteiger partial charge in [0.15, 0.2) is 0 Å². The predicted octanol–water partition coefficient (Wildman–Crippen LogP) is 1.82. The highest BCUT2D eigenvalue weighted by Gasteiger charge is 2.25. The molecule has 3 unspecified atom stereocenters. The van der Waals surface area contributed by atoms with E-state index in [0.29, 0.717) is 6.04 Å². The Bertz CT molecular complexity index is 242. The third-order valence-corrected chi connectivity index (χ3v) is 3.98. The van der Waals surface area contributed by atoms with Crippen LogP contribution in [0.15, 0.2) is 0 Å². The molecule has 0 aromatic heterocycles. The molecule has 1 saturated carbocycles. The van der Waals surface area contributed by atoms with Gasteiger partial charge in [0.25, 0.3) is 0 Å². The van der Waals surface area contributed by atoms with E-state index < -0.39 is 0 Å². The average Bonchev–Trinajstić information content (AvgIpc) is 2.47. The zero-order valence-corrected chi connectivity index (χ0v) is 10.3. The van der Waals surface area contributed by atoms with Crippen LogP contribution >= 0.6 is 0 Å². The van der Waals surface area contributed by atoms with Gasteiger partial charge >= 0.3 is 0 Å². The van der Waals surface area contributed by atoms with Gasteiger partial charge in [0.1, 0.15) is 0 Å². The third kappa shape index (κ3) is 3.21. The van der Waals surface area contributed by atoms with Crippen molar-refractivity contribution in [2.75, 3.05) is 6.54 Å². The lowest BCUT2D eigenvalue weighted by atomic mass is 10.0. The van der Waals surface area contributed by atoms with E-state index in [0.717, 1.165) is 25.3 Å². The van der Waals surface area contributed by atoms with Crippen LogP contribution in [0.25, 0.3) is 0 Å². The Hall–Kier alpha value is -0.570. The average molecular weight is 224 g/mol. The molecule has 2 aliphatic rings. The Kier molecular flexibility index (Phi) is 4.22. The fourth-order valence-electron chi connectivity index (χ4n) is 2.87. The summed E-state index contributed by atoms with van der Waals surface area (Å²) in [5, 5.41) is 6.50. The molecule has 1 aliphatic heterocycles. The van der Waals surface area contributed by atoms with Gasteiger partial charge in [0, 0.05) is 12.6 Å². The maximum absolute atomic E-state index is 11.6. The van der Waals surface area contributed by atoms with Gasteiger partial charge in [-0.2, -0.15) is 0 Å². The molecule has 1 heterocycles. The van der Waals surface area contributed by atoms with Crippen molar-refractivity contribution in [3.05, 3.63) is 0 Å². The normalized spacial score (nSPS) is 36.6. The molecule has 0 spiro atoms. The van der Waals surface area contributed by atoms with E-state index in [1.165, 1.54) is 32.1 Å². The topological polar surface area (TPSA) is 41.1 Å². The summed E-state index contributed by atoms with van der Waals surface area (Å²) >= 11 is 0. The number of hydrogen-bond donors (Lipinski definition) is 2. The lowest BCUT2D eigenvalue weighted by molar-refractivity contribution is -0.124. The minimum Gasteiger partial charge on any atom is -0.355 e. The first-order valence-electron chi connectivity index (χ1n) is 6.79. The fraction of sp³-hybridized carbons (Fsp3) is 0.923. The quantitative estimate of drug-likeness (QED) is 0.703. The highest BCUT2D eigenvalue weighted by Crippen LogP contribution is 2.23.